The van der Waals surface area contributed by atoms with Gasteiger partial charge in [0.1, 0.15) is 5.37 Å². The molecule has 1 fully saturated rings. The van der Waals surface area contributed by atoms with Crippen molar-refractivity contribution in [2.75, 3.05) is 17.6 Å². The summed E-state index contributed by atoms with van der Waals surface area (Å²) in [6.07, 6.45) is 0. The number of thioether (sulfide) groups is 1. The van der Waals surface area contributed by atoms with Crippen LogP contribution in [0.5, 0.6) is 0 Å². The van der Waals surface area contributed by atoms with Crippen molar-refractivity contribution in [3.8, 4) is 0 Å². The van der Waals surface area contributed by atoms with Gasteiger partial charge < -0.3 is 10.2 Å². The first-order valence-electron chi connectivity index (χ1n) is 8.29. The Labute approximate surface area is 148 Å². The summed E-state index contributed by atoms with van der Waals surface area (Å²) in [5.41, 5.74) is 6.93. The first-order chi connectivity index (χ1) is 11.5. The van der Waals surface area contributed by atoms with Crippen molar-refractivity contribution in [2.45, 2.75) is 33.1 Å². The number of benzene rings is 2. The van der Waals surface area contributed by atoms with Gasteiger partial charge in [-0.2, -0.15) is 0 Å². The molecule has 2 aromatic carbocycles. The van der Waals surface area contributed by atoms with Crippen LogP contribution in [0.2, 0.25) is 0 Å². The molecule has 0 unspecified atom stereocenters. The Morgan fingerprint density at radius 3 is 2.38 bits per heavy atom. The lowest BCUT2D eigenvalue weighted by atomic mass is 10.1. The molecule has 1 saturated heterocycles. The minimum Gasteiger partial charge on any atom is -0.308 e. The Hall–Kier alpha value is -1.94. The van der Waals surface area contributed by atoms with Gasteiger partial charge in [-0.05, 0) is 50.5 Å². The van der Waals surface area contributed by atoms with E-state index < -0.39 is 0 Å². The number of urea groups is 1. The molecular weight excluding hydrogens is 316 g/mol. The highest BCUT2D eigenvalue weighted by molar-refractivity contribution is 7.99. The lowest BCUT2D eigenvalue weighted by Crippen LogP contribution is -2.34. The largest absolute Gasteiger partial charge is 0.323 e. The number of hydrogen-bond donors (Lipinski definition) is 1. The van der Waals surface area contributed by atoms with E-state index in [0.29, 0.717) is 0 Å². The number of hydrogen-bond acceptors (Lipinski definition) is 2. The third-order valence-corrected chi connectivity index (χ3v) is 5.71. The second-order valence-electron chi connectivity index (χ2n) is 6.53. The van der Waals surface area contributed by atoms with Gasteiger partial charge in [0.05, 0.1) is 0 Å². The molecule has 1 N–H and O–H groups in total. The van der Waals surface area contributed by atoms with Crippen molar-refractivity contribution >= 4 is 23.5 Å². The summed E-state index contributed by atoms with van der Waals surface area (Å²) in [5.74, 6) is 0.971. The number of aryl methyl sites for hydroxylation is 4. The molecule has 24 heavy (non-hydrogen) atoms. The Morgan fingerprint density at radius 1 is 1.04 bits per heavy atom. The van der Waals surface area contributed by atoms with E-state index in [9.17, 15) is 4.79 Å². The predicted molar refractivity (Wildman–Crippen MR) is 103 cm³/mol. The molecular formula is C20H24N2OS. The van der Waals surface area contributed by atoms with E-state index in [-0.39, 0.29) is 11.4 Å². The maximum atomic E-state index is 12.8. The first kappa shape index (κ1) is 16.9. The van der Waals surface area contributed by atoms with Crippen molar-refractivity contribution in [3.63, 3.8) is 0 Å². The Bertz CT molecular complexity index is 772. The Morgan fingerprint density at radius 2 is 1.71 bits per heavy atom. The molecule has 0 radical (unpaired) electrons. The van der Waals surface area contributed by atoms with Crippen molar-refractivity contribution in [2.24, 2.45) is 0 Å². The van der Waals surface area contributed by atoms with Gasteiger partial charge >= 0.3 is 6.03 Å². The zero-order valence-corrected chi connectivity index (χ0v) is 15.5. The minimum atomic E-state index is -0.0167. The van der Waals surface area contributed by atoms with Crippen LogP contribution in [0.15, 0.2) is 36.4 Å². The van der Waals surface area contributed by atoms with Crippen LogP contribution >= 0.6 is 11.8 Å². The van der Waals surface area contributed by atoms with Crippen LogP contribution in [-0.4, -0.2) is 23.2 Å². The van der Waals surface area contributed by atoms with Crippen LogP contribution in [0.4, 0.5) is 10.5 Å². The van der Waals surface area contributed by atoms with Crippen LogP contribution in [0.3, 0.4) is 0 Å². The van der Waals surface area contributed by atoms with Crippen LogP contribution in [0, 0.1) is 27.7 Å². The first-order valence-corrected chi connectivity index (χ1v) is 9.34. The van der Waals surface area contributed by atoms with E-state index in [0.717, 1.165) is 23.5 Å². The normalized spacial score (nSPS) is 17.2. The molecule has 0 bridgehead atoms. The fraction of sp³-hybridized carbons (Fsp3) is 0.350. The average Bonchev–Trinajstić information content (AvgIpc) is 2.99. The number of carbonyl (C=O) groups is 1. The Kier molecular flexibility index (Phi) is 4.86. The highest BCUT2D eigenvalue weighted by atomic mass is 32.2. The van der Waals surface area contributed by atoms with Crippen LogP contribution in [0.25, 0.3) is 0 Å². The summed E-state index contributed by atoms with van der Waals surface area (Å²) in [6.45, 7) is 9.10. The van der Waals surface area contributed by atoms with E-state index in [1.165, 1.54) is 22.3 Å². The van der Waals surface area contributed by atoms with Crippen molar-refractivity contribution in [3.05, 3.63) is 64.2 Å². The number of nitrogens with one attached hydrogen (secondary N) is 1. The zero-order valence-electron chi connectivity index (χ0n) is 14.7. The standard InChI is InChI=1S/C20H24N2OS/c1-13-5-7-17(15(3)11-13)19-22(9-10-24-19)20(23)21-18-8-6-14(2)12-16(18)4/h5-8,11-12,19H,9-10H2,1-4H3,(H,21,23)/t19-/m0/s1. The van der Waals surface area contributed by atoms with Crippen LogP contribution in [0.1, 0.15) is 33.2 Å². The van der Waals surface area contributed by atoms with Gasteiger partial charge in [0.25, 0.3) is 0 Å². The summed E-state index contributed by atoms with van der Waals surface area (Å²) < 4.78 is 0. The third-order valence-electron chi connectivity index (χ3n) is 4.47. The maximum Gasteiger partial charge on any atom is 0.323 e. The topological polar surface area (TPSA) is 32.3 Å². The molecule has 1 aliphatic heterocycles. The fourth-order valence-corrected chi connectivity index (χ4v) is 4.53. The van der Waals surface area contributed by atoms with Crippen molar-refractivity contribution < 1.29 is 4.79 Å². The summed E-state index contributed by atoms with van der Waals surface area (Å²) in [7, 11) is 0. The minimum absolute atomic E-state index is 0.0167. The fourth-order valence-electron chi connectivity index (χ4n) is 3.18. The zero-order chi connectivity index (χ0) is 17.3. The lowest BCUT2D eigenvalue weighted by molar-refractivity contribution is 0.214. The van der Waals surface area contributed by atoms with E-state index in [1.807, 2.05) is 35.7 Å². The van der Waals surface area contributed by atoms with Crippen LogP contribution in [-0.2, 0) is 0 Å². The van der Waals surface area contributed by atoms with E-state index in [4.69, 9.17) is 0 Å². The molecule has 0 aliphatic carbocycles. The van der Waals surface area contributed by atoms with Gasteiger partial charge in [-0.25, -0.2) is 4.79 Å². The molecule has 1 heterocycles. The molecule has 3 rings (SSSR count). The number of nitrogens with zero attached hydrogens (tertiary/aromatic N) is 1. The van der Waals surface area contributed by atoms with Crippen LogP contribution < -0.4 is 5.32 Å². The van der Waals surface area contributed by atoms with Gasteiger partial charge in [-0.15, -0.1) is 11.8 Å². The second kappa shape index (κ2) is 6.89. The summed E-state index contributed by atoms with van der Waals surface area (Å²) >= 11 is 1.83. The molecule has 1 atom stereocenters. The summed E-state index contributed by atoms with van der Waals surface area (Å²) in [6, 6.07) is 12.6. The monoisotopic (exact) mass is 340 g/mol. The molecule has 2 aromatic rings. The smallest absolute Gasteiger partial charge is 0.308 e. The van der Waals surface area contributed by atoms with E-state index in [2.05, 4.69) is 50.4 Å². The molecule has 126 valence electrons. The van der Waals surface area contributed by atoms with Crippen molar-refractivity contribution in [1.29, 1.82) is 0 Å². The molecule has 2 amide bonds. The average molecular weight is 340 g/mol. The van der Waals surface area contributed by atoms with Crippen molar-refractivity contribution in [1.82, 2.24) is 4.90 Å². The molecule has 4 heteroatoms. The number of amides is 2. The van der Waals surface area contributed by atoms with Gasteiger partial charge in [0.2, 0.25) is 0 Å². The lowest BCUT2D eigenvalue weighted by Gasteiger charge is -2.26. The third kappa shape index (κ3) is 3.44. The van der Waals surface area contributed by atoms with E-state index in [1.54, 1.807) is 0 Å². The molecule has 0 aromatic heterocycles. The Balaban J connectivity index is 1.81. The summed E-state index contributed by atoms with van der Waals surface area (Å²) in [5, 5.41) is 3.18. The quantitative estimate of drug-likeness (QED) is 0.815. The highest BCUT2D eigenvalue weighted by Gasteiger charge is 2.31. The maximum absolute atomic E-state index is 12.8. The predicted octanol–water partition coefficient (Wildman–Crippen LogP) is 5.20. The second-order valence-corrected chi connectivity index (χ2v) is 7.71. The highest BCUT2D eigenvalue weighted by Crippen LogP contribution is 2.39. The number of rotatable bonds is 2. The van der Waals surface area contributed by atoms with Gasteiger partial charge in [0.15, 0.2) is 0 Å². The summed E-state index contributed by atoms with van der Waals surface area (Å²) in [4.78, 5) is 14.8. The molecule has 3 nitrogen and oxygen atoms in total. The molecule has 1 aliphatic rings. The molecule has 0 saturated carbocycles. The SMILES string of the molecule is Cc1ccc(NC(=O)N2CCS[C@H]2c2ccc(C)cc2C)c(C)c1. The number of carbonyl (C=O) groups excluding carboxylic acids is 1. The van der Waals surface area contributed by atoms with Gasteiger partial charge in [0, 0.05) is 18.0 Å². The number of anilines is 1. The molecule has 0 spiro atoms. The van der Waals surface area contributed by atoms with Gasteiger partial charge in [-0.1, -0.05) is 41.5 Å². The van der Waals surface area contributed by atoms with E-state index >= 15 is 0 Å². The van der Waals surface area contributed by atoms with Gasteiger partial charge in [-0.3, -0.25) is 0 Å².